The number of nitrogens with zero attached hydrogens (tertiary/aromatic N) is 3. The van der Waals surface area contributed by atoms with Gasteiger partial charge in [-0.05, 0) is 13.0 Å². The number of benzene rings is 1. The highest BCUT2D eigenvalue weighted by Crippen LogP contribution is 2.29. The zero-order chi connectivity index (χ0) is 14.1. The molecule has 2 aromatic heterocycles. The van der Waals surface area contributed by atoms with Gasteiger partial charge in [-0.1, -0.05) is 18.2 Å². The predicted molar refractivity (Wildman–Crippen MR) is 80.6 cm³/mol. The molecule has 0 amide bonds. The van der Waals surface area contributed by atoms with Crippen LogP contribution in [0.25, 0.3) is 21.9 Å². The number of alkyl halides is 1. The van der Waals surface area contributed by atoms with Crippen molar-refractivity contribution in [3.63, 3.8) is 0 Å². The first kappa shape index (κ1) is 13.1. The van der Waals surface area contributed by atoms with E-state index in [1.165, 1.54) is 0 Å². The van der Waals surface area contributed by atoms with E-state index in [-0.39, 0.29) is 0 Å². The van der Waals surface area contributed by atoms with Crippen molar-refractivity contribution in [3.05, 3.63) is 30.1 Å². The van der Waals surface area contributed by atoms with Crippen molar-refractivity contribution in [3.8, 4) is 0 Å². The van der Waals surface area contributed by atoms with Gasteiger partial charge in [-0.2, -0.15) is 0 Å². The van der Waals surface area contributed by atoms with Gasteiger partial charge in [-0.25, -0.2) is 9.97 Å². The topological polar surface area (TPSA) is 66.0 Å². The second kappa shape index (κ2) is 5.26. The number of pyridine rings is 1. The monoisotopic (exact) mass is 290 g/mol. The number of ether oxygens (including phenoxy) is 1. The Morgan fingerprint density at radius 1 is 1.30 bits per heavy atom. The summed E-state index contributed by atoms with van der Waals surface area (Å²) in [4.78, 5) is 8.93. The number of hydrogen-bond donors (Lipinski definition) is 1. The summed E-state index contributed by atoms with van der Waals surface area (Å²) in [6.45, 7) is 2.98. The molecule has 3 aromatic rings. The van der Waals surface area contributed by atoms with E-state index >= 15 is 0 Å². The highest BCUT2D eigenvalue weighted by Gasteiger charge is 2.16. The molecule has 0 radical (unpaired) electrons. The molecule has 3 rings (SSSR count). The minimum atomic E-state index is 0.298. The number of rotatable bonds is 4. The van der Waals surface area contributed by atoms with Crippen molar-refractivity contribution in [2.45, 2.75) is 19.5 Å². The van der Waals surface area contributed by atoms with Crippen LogP contribution in [-0.2, 0) is 17.3 Å². The van der Waals surface area contributed by atoms with Gasteiger partial charge in [0, 0.05) is 12.0 Å². The van der Waals surface area contributed by atoms with Crippen LogP contribution in [-0.4, -0.2) is 21.1 Å². The molecule has 0 spiro atoms. The van der Waals surface area contributed by atoms with Crippen molar-refractivity contribution >= 4 is 39.4 Å². The standard InChI is InChI=1S/C14H15ClN4O/c1-2-20-7-11-18-12-13(19(11)8-15)9-5-3-4-6-10(9)17-14(12)16/h3-6H,2,7-8H2,1H3,(H2,16,17). The first-order valence-electron chi connectivity index (χ1n) is 6.43. The molecule has 20 heavy (non-hydrogen) atoms. The summed E-state index contributed by atoms with van der Waals surface area (Å²) in [7, 11) is 0. The fraction of sp³-hybridized carbons (Fsp3) is 0.286. The normalized spacial score (nSPS) is 11.5. The van der Waals surface area contributed by atoms with Crippen LogP contribution < -0.4 is 5.73 Å². The van der Waals surface area contributed by atoms with Gasteiger partial charge in [-0.15, -0.1) is 11.6 Å². The number of imidazole rings is 1. The lowest BCUT2D eigenvalue weighted by molar-refractivity contribution is 0.126. The number of nitrogen functional groups attached to an aromatic ring is 1. The van der Waals surface area contributed by atoms with Crippen LogP contribution in [0, 0.1) is 0 Å². The van der Waals surface area contributed by atoms with Gasteiger partial charge in [0.25, 0.3) is 0 Å². The highest BCUT2D eigenvalue weighted by molar-refractivity contribution is 6.16. The third-order valence-electron chi connectivity index (χ3n) is 3.24. The molecular formula is C14H15ClN4O. The maximum Gasteiger partial charge on any atom is 0.152 e. The zero-order valence-corrected chi connectivity index (χ0v) is 11.9. The number of nitrogens with two attached hydrogens (primary N) is 1. The third kappa shape index (κ3) is 1.99. The smallest absolute Gasteiger partial charge is 0.152 e. The molecule has 0 atom stereocenters. The SMILES string of the molecule is CCOCc1nc2c(N)nc3ccccc3c2n1CCl. The Morgan fingerprint density at radius 2 is 2.10 bits per heavy atom. The second-order valence-corrected chi connectivity index (χ2v) is 4.66. The fourth-order valence-electron chi connectivity index (χ4n) is 2.34. The van der Waals surface area contributed by atoms with Crippen molar-refractivity contribution in [2.24, 2.45) is 0 Å². The average Bonchev–Trinajstić information content (AvgIpc) is 2.84. The van der Waals surface area contributed by atoms with Crippen LogP contribution in [0.1, 0.15) is 12.7 Å². The summed E-state index contributed by atoms with van der Waals surface area (Å²) < 4.78 is 7.36. The number of halogens is 1. The van der Waals surface area contributed by atoms with Crippen LogP contribution >= 0.6 is 11.6 Å². The number of para-hydroxylation sites is 1. The molecular weight excluding hydrogens is 276 g/mol. The molecule has 5 nitrogen and oxygen atoms in total. The minimum Gasteiger partial charge on any atom is -0.382 e. The van der Waals surface area contributed by atoms with Crippen LogP contribution in [0.4, 0.5) is 5.82 Å². The molecule has 2 heterocycles. The van der Waals surface area contributed by atoms with E-state index in [1.54, 1.807) is 0 Å². The Labute approximate surface area is 121 Å². The Morgan fingerprint density at radius 3 is 2.85 bits per heavy atom. The fourth-order valence-corrected chi connectivity index (χ4v) is 2.59. The summed E-state index contributed by atoms with van der Waals surface area (Å²) in [5.41, 5.74) is 8.45. The van der Waals surface area contributed by atoms with E-state index in [2.05, 4.69) is 9.97 Å². The van der Waals surface area contributed by atoms with Gasteiger partial charge in [-0.3, -0.25) is 0 Å². The quantitative estimate of drug-likeness (QED) is 0.750. The minimum absolute atomic E-state index is 0.298. The molecule has 0 fully saturated rings. The Hall–Kier alpha value is -1.85. The molecule has 0 aliphatic carbocycles. The molecule has 6 heteroatoms. The van der Waals surface area contributed by atoms with Gasteiger partial charge in [0.15, 0.2) is 5.82 Å². The van der Waals surface area contributed by atoms with E-state index in [0.717, 1.165) is 22.2 Å². The maximum absolute atomic E-state index is 6.09. The van der Waals surface area contributed by atoms with Crippen molar-refractivity contribution in [1.82, 2.24) is 14.5 Å². The van der Waals surface area contributed by atoms with Gasteiger partial charge < -0.3 is 15.0 Å². The van der Waals surface area contributed by atoms with Crippen molar-refractivity contribution < 1.29 is 4.74 Å². The molecule has 0 saturated heterocycles. The summed E-state index contributed by atoms with van der Waals surface area (Å²) in [6.07, 6.45) is 0. The molecule has 2 N–H and O–H groups in total. The van der Waals surface area contributed by atoms with E-state index < -0.39 is 0 Å². The molecule has 1 aromatic carbocycles. The van der Waals surface area contributed by atoms with Gasteiger partial charge in [0.1, 0.15) is 17.9 Å². The van der Waals surface area contributed by atoms with Gasteiger partial charge in [0.2, 0.25) is 0 Å². The van der Waals surface area contributed by atoms with E-state index in [0.29, 0.717) is 30.6 Å². The number of fused-ring (bicyclic) bond motifs is 3. The molecule has 0 bridgehead atoms. The van der Waals surface area contributed by atoms with Crippen LogP contribution in [0.15, 0.2) is 24.3 Å². The highest BCUT2D eigenvalue weighted by atomic mass is 35.5. The summed E-state index contributed by atoms with van der Waals surface area (Å²) >= 11 is 6.09. The summed E-state index contributed by atoms with van der Waals surface area (Å²) in [5, 5.41) is 0.993. The molecule has 0 saturated carbocycles. The molecule has 0 aliphatic rings. The molecule has 104 valence electrons. The van der Waals surface area contributed by atoms with E-state index in [1.807, 2.05) is 35.8 Å². The van der Waals surface area contributed by atoms with Crippen molar-refractivity contribution in [1.29, 1.82) is 0 Å². The lowest BCUT2D eigenvalue weighted by atomic mass is 10.2. The van der Waals surface area contributed by atoms with Gasteiger partial charge >= 0.3 is 0 Å². The Balaban J connectivity index is 2.35. The van der Waals surface area contributed by atoms with Crippen molar-refractivity contribution in [2.75, 3.05) is 12.3 Å². The Bertz CT molecular complexity index is 769. The molecule has 0 unspecified atom stereocenters. The van der Waals surface area contributed by atoms with Crippen LogP contribution in [0.2, 0.25) is 0 Å². The number of aromatic nitrogens is 3. The summed E-state index contributed by atoms with van der Waals surface area (Å²) in [5.74, 6) is 1.18. The average molecular weight is 291 g/mol. The third-order valence-corrected chi connectivity index (χ3v) is 3.48. The maximum atomic E-state index is 6.09. The first-order valence-corrected chi connectivity index (χ1v) is 6.96. The lowest BCUT2D eigenvalue weighted by Gasteiger charge is -2.07. The predicted octanol–water partition coefficient (Wildman–Crippen LogP) is 2.90. The lowest BCUT2D eigenvalue weighted by Crippen LogP contribution is -2.03. The largest absolute Gasteiger partial charge is 0.382 e. The number of hydrogen-bond acceptors (Lipinski definition) is 4. The zero-order valence-electron chi connectivity index (χ0n) is 11.1. The van der Waals surface area contributed by atoms with Gasteiger partial charge in [0.05, 0.1) is 17.0 Å². The van der Waals surface area contributed by atoms with Crippen LogP contribution in [0.3, 0.4) is 0 Å². The molecule has 0 aliphatic heterocycles. The first-order chi connectivity index (χ1) is 9.76. The summed E-state index contributed by atoms with van der Waals surface area (Å²) in [6, 6.07) is 8.13. The Kier molecular flexibility index (Phi) is 3.46. The number of anilines is 1. The van der Waals surface area contributed by atoms with E-state index in [4.69, 9.17) is 22.1 Å². The van der Waals surface area contributed by atoms with E-state index in [9.17, 15) is 0 Å². The second-order valence-electron chi connectivity index (χ2n) is 4.42. The van der Waals surface area contributed by atoms with Crippen LogP contribution in [0.5, 0.6) is 0 Å².